The molecule has 1 unspecified atom stereocenters. The summed E-state index contributed by atoms with van der Waals surface area (Å²) in [5, 5.41) is 0.255. The molecule has 0 aliphatic carbocycles. The molecular formula is C11H9BrClF2NO. The maximum atomic E-state index is 13.6. The molecule has 2 rings (SSSR count). The lowest BCUT2D eigenvalue weighted by atomic mass is 10.2. The van der Waals surface area contributed by atoms with Gasteiger partial charge in [-0.25, -0.2) is 8.78 Å². The first-order chi connectivity index (χ1) is 7.99. The van der Waals surface area contributed by atoms with Gasteiger partial charge in [0.2, 0.25) is 0 Å². The molecule has 1 aliphatic heterocycles. The molecule has 1 fully saturated rings. The Balaban J connectivity index is 2.28. The zero-order chi connectivity index (χ0) is 12.6. The van der Waals surface area contributed by atoms with E-state index in [9.17, 15) is 13.6 Å². The van der Waals surface area contributed by atoms with Crippen molar-refractivity contribution < 1.29 is 13.6 Å². The van der Waals surface area contributed by atoms with Crippen LogP contribution in [0.15, 0.2) is 16.6 Å². The van der Waals surface area contributed by atoms with Crippen molar-refractivity contribution in [1.29, 1.82) is 0 Å². The third-order valence-electron chi connectivity index (χ3n) is 2.66. The first-order valence-corrected chi connectivity index (χ1v) is 6.24. The van der Waals surface area contributed by atoms with E-state index in [0.717, 1.165) is 6.07 Å². The Morgan fingerprint density at radius 1 is 1.53 bits per heavy atom. The molecule has 0 bridgehead atoms. The fraction of sp³-hybridized carbons (Fsp3) is 0.364. The molecule has 17 heavy (non-hydrogen) atoms. The standard InChI is InChI=1S/C11H9BrClF2NO/c12-8-4-10(15)7(3-9(8)13)11(17)16-2-1-6(14)5-16/h3-4,6H,1-2,5H2. The highest BCUT2D eigenvalue weighted by Crippen LogP contribution is 2.27. The lowest BCUT2D eigenvalue weighted by Gasteiger charge is -2.16. The molecule has 1 aromatic rings. The third-order valence-corrected chi connectivity index (χ3v) is 3.86. The van der Waals surface area contributed by atoms with Crippen LogP contribution in [0.5, 0.6) is 0 Å². The monoisotopic (exact) mass is 323 g/mol. The van der Waals surface area contributed by atoms with E-state index in [0.29, 0.717) is 17.4 Å². The molecule has 92 valence electrons. The number of carbonyl (C=O) groups excluding carboxylic acids is 1. The highest BCUT2D eigenvalue weighted by Gasteiger charge is 2.28. The lowest BCUT2D eigenvalue weighted by Crippen LogP contribution is -2.29. The van der Waals surface area contributed by atoms with E-state index in [1.807, 2.05) is 0 Å². The van der Waals surface area contributed by atoms with Crippen LogP contribution in [0, 0.1) is 5.82 Å². The van der Waals surface area contributed by atoms with Gasteiger partial charge in [0.25, 0.3) is 5.91 Å². The number of rotatable bonds is 1. The van der Waals surface area contributed by atoms with Gasteiger partial charge in [0.05, 0.1) is 17.1 Å². The molecule has 1 amide bonds. The Kier molecular flexibility index (Phi) is 3.68. The van der Waals surface area contributed by atoms with Crippen molar-refractivity contribution in [1.82, 2.24) is 4.90 Å². The molecule has 1 heterocycles. The predicted octanol–water partition coefficient (Wildman–Crippen LogP) is 3.43. The first kappa shape index (κ1) is 12.8. The summed E-state index contributed by atoms with van der Waals surface area (Å²) in [5.74, 6) is -1.18. The van der Waals surface area contributed by atoms with Crippen molar-refractivity contribution in [2.24, 2.45) is 0 Å². The fourth-order valence-electron chi connectivity index (χ4n) is 1.76. The van der Waals surface area contributed by atoms with E-state index in [-0.39, 0.29) is 17.1 Å². The summed E-state index contributed by atoms with van der Waals surface area (Å²) >= 11 is 8.87. The van der Waals surface area contributed by atoms with Crippen molar-refractivity contribution in [2.75, 3.05) is 13.1 Å². The van der Waals surface area contributed by atoms with Gasteiger partial charge in [-0.2, -0.15) is 0 Å². The molecule has 0 aromatic heterocycles. The van der Waals surface area contributed by atoms with E-state index in [1.54, 1.807) is 0 Å². The smallest absolute Gasteiger partial charge is 0.256 e. The minimum Gasteiger partial charge on any atom is -0.336 e. The van der Waals surface area contributed by atoms with Gasteiger partial charge in [-0.15, -0.1) is 0 Å². The van der Waals surface area contributed by atoms with E-state index >= 15 is 0 Å². The maximum Gasteiger partial charge on any atom is 0.256 e. The quantitative estimate of drug-likeness (QED) is 0.725. The average Bonchev–Trinajstić information content (AvgIpc) is 2.69. The van der Waals surface area contributed by atoms with E-state index in [1.165, 1.54) is 11.0 Å². The van der Waals surface area contributed by atoms with E-state index < -0.39 is 17.9 Å². The molecular weight excluding hydrogens is 315 g/mol. The second-order valence-electron chi connectivity index (χ2n) is 3.88. The Hall–Kier alpha value is -0.680. The first-order valence-electron chi connectivity index (χ1n) is 5.07. The molecule has 1 saturated heterocycles. The molecule has 6 heteroatoms. The molecule has 1 aliphatic rings. The lowest BCUT2D eigenvalue weighted by molar-refractivity contribution is 0.0778. The topological polar surface area (TPSA) is 20.3 Å². The molecule has 2 nitrogen and oxygen atoms in total. The summed E-state index contributed by atoms with van der Waals surface area (Å²) in [6.07, 6.45) is -0.717. The van der Waals surface area contributed by atoms with Crippen LogP contribution in [-0.4, -0.2) is 30.1 Å². The van der Waals surface area contributed by atoms with E-state index in [4.69, 9.17) is 11.6 Å². The van der Waals surface area contributed by atoms with Gasteiger partial charge in [0.1, 0.15) is 12.0 Å². The predicted molar refractivity (Wildman–Crippen MR) is 64.5 cm³/mol. The van der Waals surface area contributed by atoms with Crippen LogP contribution in [0.1, 0.15) is 16.8 Å². The zero-order valence-electron chi connectivity index (χ0n) is 8.72. The fourth-order valence-corrected chi connectivity index (χ4v) is 2.24. The maximum absolute atomic E-state index is 13.6. The van der Waals surface area contributed by atoms with E-state index in [2.05, 4.69) is 15.9 Å². The Bertz CT molecular complexity index is 469. The highest BCUT2D eigenvalue weighted by molar-refractivity contribution is 9.10. The molecule has 1 aromatic carbocycles. The second kappa shape index (κ2) is 4.90. The number of amides is 1. The largest absolute Gasteiger partial charge is 0.336 e. The summed E-state index contributed by atoms with van der Waals surface area (Å²) in [5.41, 5.74) is -0.118. The van der Waals surface area contributed by atoms with Crippen LogP contribution >= 0.6 is 27.5 Å². The number of carbonyl (C=O) groups is 1. The molecule has 0 saturated carbocycles. The summed E-state index contributed by atoms with van der Waals surface area (Å²) in [6.45, 7) is 0.332. The van der Waals surface area contributed by atoms with Crippen LogP contribution in [0.2, 0.25) is 5.02 Å². The third kappa shape index (κ3) is 2.60. The minimum atomic E-state index is -1.02. The minimum absolute atomic E-state index is 0.0198. The van der Waals surface area contributed by atoms with Crippen LogP contribution in [-0.2, 0) is 0 Å². The van der Waals surface area contributed by atoms with Gasteiger partial charge in [-0.05, 0) is 34.5 Å². The number of hydrogen-bond donors (Lipinski definition) is 0. The number of benzene rings is 1. The van der Waals surface area contributed by atoms with Gasteiger partial charge in [-0.1, -0.05) is 11.6 Å². The van der Waals surface area contributed by atoms with Gasteiger partial charge in [0, 0.05) is 11.0 Å². The zero-order valence-corrected chi connectivity index (χ0v) is 11.1. The number of halogens is 4. The Morgan fingerprint density at radius 3 is 2.82 bits per heavy atom. The number of alkyl halides is 1. The molecule has 1 atom stereocenters. The number of likely N-dealkylation sites (tertiary alicyclic amines) is 1. The second-order valence-corrected chi connectivity index (χ2v) is 5.14. The van der Waals surface area contributed by atoms with Gasteiger partial charge < -0.3 is 4.90 Å². The summed E-state index contributed by atoms with van der Waals surface area (Å²) in [7, 11) is 0. The van der Waals surface area contributed by atoms with Gasteiger partial charge >= 0.3 is 0 Å². The normalized spacial score (nSPS) is 19.8. The SMILES string of the molecule is O=C(c1cc(Cl)c(Br)cc1F)N1CCC(F)C1. The summed E-state index contributed by atoms with van der Waals surface area (Å²) in [6, 6.07) is 2.40. The van der Waals surface area contributed by atoms with Crippen molar-refractivity contribution in [3.63, 3.8) is 0 Å². The van der Waals surface area contributed by atoms with Crippen molar-refractivity contribution >= 4 is 33.4 Å². The Labute approximate surface area is 111 Å². The summed E-state index contributed by atoms with van der Waals surface area (Å²) in [4.78, 5) is 13.2. The van der Waals surface area contributed by atoms with Crippen LogP contribution in [0.3, 0.4) is 0 Å². The molecule has 0 spiro atoms. The Morgan fingerprint density at radius 2 is 2.24 bits per heavy atom. The van der Waals surface area contributed by atoms with Crippen LogP contribution in [0.25, 0.3) is 0 Å². The average molecular weight is 325 g/mol. The number of hydrogen-bond acceptors (Lipinski definition) is 1. The van der Waals surface area contributed by atoms with Crippen LogP contribution < -0.4 is 0 Å². The van der Waals surface area contributed by atoms with Crippen molar-refractivity contribution in [3.8, 4) is 0 Å². The molecule has 0 N–H and O–H groups in total. The highest BCUT2D eigenvalue weighted by atomic mass is 79.9. The van der Waals surface area contributed by atoms with Crippen molar-refractivity contribution in [3.05, 3.63) is 33.0 Å². The number of nitrogens with zero attached hydrogens (tertiary/aromatic N) is 1. The van der Waals surface area contributed by atoms with Crippen LogP contribution in [0.4, 0.5) is 8.78 Å². The van der Waals surface area contributed by atoms with Crippen molar-refractivity contribution in [2.45, 2.75) is 12.6 Å². The van der Waals surface area contributed by atoms with Gasteiger partial charge in [-0.3, -0.25) is 4.79 Å². The summed E-state index contributed by atoms with van der Waals surface area (Å²) < 4.78 is 27.0. The van der Waals surface area contributed by atoms with Gasteiger partial charge in [0.15, 0.2) is 0 Å². The molecule has 0 radical (unpaired) electrons.